The smallest absolute Gasteiger partial charge is 0.242 e. The standard InChI is InChI=1S/C23H30N4O5S/c1-16(26-33(30,31)21-11-9-20(32-2)10-12-21)23(29)25-19-7-5-17(6-8-19)14-27-13-3-4-18(15-27)22(24)28/h5-12,16,18,26H,3-4,13-15H2,1-2H3,(H2,24,28)(H,25,29)/t16-,18?/m0/s1. The zero-order valence-corrected chi connectivity index (χ0v) is 19.6. The van der Waals surface area contributed by atoms with Crippen LogP contribution < -0.4 is 20.5 Å². The Labute approximate surface area is 194 Å². The highest BCUT2D eigenvalue weighted by atomic mass is 32.2. The number of likely N-dealkylation sites (tertiary alicyclic amines) is 1. The van der Waals surface area contributed by atoms with E-state index < -0.39 is 22.0 Å². The Balaban J connectivity index is 1.54. The summed E-state index contributed by atoms with van der Waals surface area (Å²) < 4.78 is 32.5. The fourth-order valence-electron chi connectivity index (χ4n) is 3.74. The lowest BCUT2D eigenvalue weighted by molar-refractivity contribution is -0.123. The summed E-state index contributed by atoms with van der Waals surface area (Å²) in [4.78, 5) is 26.2. The predicted octanol–water partition coefficient (Wildman–Crippen LogP) is 1.70. The molecule has 2 aromatic carbocycles. The zero-order valence-electron chi connectivity index (χ0n) is 18.8. The summed E-state index contributed by atoms with van der Waals surface area (Å²) in [5.74, 6) is -0.300. The lowest BCUT2D eigenvalue weighted by Gasteiger charge is -2.31. The van der Waals surface area contributed by atoms with E-state index in [2.05, 4.69) is 14.9 Å². The highest BCUT2D eigenvalue weighted by Gasteiger charge is 2.24. The number of primary amides is 1. The van der Waals surface area contributed by atoms with E-state index >= 15 is 0 Å². The van der Waals surface area contributed by atoms with Crippen molar-refractivity contribution in [3.05, 3.63) is 54.1 Å². The van der Waals surface area contributed by atoms with E-state index in [0.29, 0.717) is 24.5 Å². The third-order valence-corrected chi connectivity index (χ3v) is 7.19. The van der Waals surface area contributed by atoms with Gasteiger partial charge in [0.15, 0.2) is 0 Å². The van der Waals surface area contributed by atoms with Crippen molar-refractivity contribution in [1.29, 1.82) is 0 Å². The average Bonchev–Trinajstić information content (AvgIpc) is 2.80. The van der Waals surface area contributed by atoms with E-state index in [-0.39, 0.29) is 16.7 Å². The minimum absolute atomic E-state index is 0.0450. The zero-order chi connectivity index (χ0) is 24.0. The molecule has 1 heterocycles. The molecule has 0 saturated carbocycles. The molecule has 2 atom stereocenters. The number of sulfonamides is 1. The van der Waals surface area contributed by atoms with Crippen LogP contribution in [0.25, 0.3) is 0 Å². The van der Waals surface area contributed by atoms with Gasteiger partial charge in [0.2, 0.25) is 21.8 Å². The maximum atomic E-state index is 12.5. The van der Waals surface area contributed by atoms with Gasteiger partial charge in [0.1, 0.15) is 5.75 Å². The van der Waals surface area contributed by atoms with Gasteiger partial charge in [-0.2, -0.15) is 4.72 Å². The number of benzene rings is 2. The van der Waals surface area contributed by atoms with Crippen LogP contribution in [-0.4, -0.2) is 51.4 Å². The van der Waals surface area contributed by atoms with Crippen LogP contribution in [0.5, 0.6) is 5.75 Å². The number of nitrogens with one attached hydrogen (secondary N) is 2. The summed E-state index contributed by atoms with van der Waals surface area (Å²) in [6.45, 7) is 3.74. The first-order valence-corrected chi connectivity index (χ1v) is 12.2. The molecule has 1 fully saturated rings. The molecule has 178 valence electrons. The maximum absolute atomic E-state index is 12.5. The molecular formula is C23H30N4O5S. The summed E-state index contributed by atoms with van der Waals surface area (Å²) in [6.07, 6.45) is 1.77. The number of methoxy groups -OCH3 is 1. The van der Waals surface area contributed by atoms with Gasteiger partial charge in [-0.1, -0.05) is 12.1 Å². The SMILES string of the molecule is COc1ccc(S(=O)(=O)N[C@@H](C)C(=O)Nc2ccc(CN3CCCC(C(N)=O)C3)cc2)cc1. The second kappa shape index (κ2) is 10.8. The van der Waals surface area contributed by atoms with Crippen LogP contribution in [0.15, 0.2) is 53.4 Å². The Hall–Kier alpha value is -2.95. The molecule has 0 bridgehead atoms. The Kier molecular flexibility index (Phi) is 8.06. The fourth-order valence-corrected chi connectivity index (χ4v) is 4.95. The van der Waals surface area contributed by atoms with Gasteiger partial charge in [0.25, 0.3) is 0 Å². The molecule has 2 amide bonds. The summed E-state index contributed by atoms with van der Waals surface area (Å²) in [7, 11) is -2.37. The number of amides is 2. The first-order valence-electron chi connectivity index (χ1n) is 10.8. The van der Waals surface area contributed by atoms with E-state index in [1.807, 2.05) is 12.1 Å². The highest BCUT2D eigenvalue weighted by molar-refractivity contribution is 7.89. The number of piperidine rings is 1. The van der Waals surface area contributed by atoms with Gasteiger partial charge in [0.05, 0.1) is 24.0 Å². The summed E-state index contributed by atoms with van der Waals surface area (Å²) in [6, 6.07) is 12.3. The number of ether oxygens (including phenoxy) is 1. The molecule has 10 heteroatoms. The number of nitrogens with two attached hydrogens (primary N) is 1. The van der Waals surface area contributed by atoms with Gasteiger partial charge in [-0.25, -0.2) is 8.42 Å². The highest BCUT2D eigenvalue weighted by Crippen LogP contribution is 2.20. The predicted molar refractivity (Wildman–Crippen MR) is 125 cm³/mol. The van der Waals surface area contributed by atoms with Crippen LogP contribution in [0.2, 0.25) is 0 Å². The van der Waals surface area contributed by atoms with Crippen molar-refractivity contribution in [1.82, 2.24) is 9.62 Å². The quantitative estimate of drug-likeness (QED) is 0.507. The molecule has 9 nitrogen and oxygen atoms in total. The Morgan fingerprint density at radius 2 is 1.82 bits per heavy atom. The van der Waals surface area contributed by atoms with Gasteiger partial charge in [0, 0.05) is 18.8 Å². The van der Waals surface area contributed by atoms with Crippen LogP contribution in [0.4, 0.5) is 5.69 Å². The van der Waals surface area contributed by atoms with Crippen LogP contribution in [-0.2, 0) is 26.2 Å². The molecule has 0 spiro atoms. The van der Waals surface area contributed by atoms with Crippen molar-refractivity contribution in [2.45, 2.75) is 37.2 Å². The second-order valence-electron chi connectivity index (χ2n) is 8.18. The van der Waals surface area contributed by atoms with E-state index in [4.69, 9.17) is 10.5 Å². The van der Waals surface area contributed by atoms with Crippen LogP contribution in [0, 0.1) is 5.92 Å². The largest absolute Gasteiger partial charge is 0.497 e. The van der Waals surface area contributed by atoms with E-state index in [9.17, 15) is 18.0 Å². The monoisotopic (exact) mass is 474 g/mol. The lowest BCUT2D eigenvalue weighted by atomic mass is 9.97. The number of nitrogens with zero attached hydrogens (tertiary/aromatic N) is 1. The Bertz CT molecular complexity index is 1070. The summed E-state index contributed by atoms with van der Waals surface area (Å²) in [5.41, 5.74) is 7.05. The number of anilines is 1. The van der Waals surface area contributed by atoms with Crippen molar-refractivity contribution < 1.29 is 22.7 Å². The number of hydrogen-bond donors (Lipinski definition) is 3. The van der Waals surface area contributed by atoms with E-state index in [1.165, 1.54) is 26.2 Å². The van der Waals surface area contributed by atoms with Crippen molar-refractivity contribution in [2.75, 3.05) is 25.5 Å². The first kappa shape index (κ1) is 24.7. The molecule has 0 radical (unpaired) electrons. The van der Waals surface area contributed by atoms with Crippen LogP contribution >= 0.6 is 0 Å². The third-order valence-electron chi connectivity index (χ3n) is 5.63. The van der Waals surface area contributed by atoms with E-state index in [1.54, 1.807) is 24.3 Å². The normalized spacial score (nSPS) is 17.8. The van der Waals surface area contributed by atoms with Crippen molar-refractivity contribution >= 4 is 27.5 Å². The Morgan fingerprint density at radius 1 is 1.15 bits per heavy atom. The summed E-state index contributed by atoms with van der Waals surface area (Å²) >= 11 is 0. The van der Waals surface area contributed by atoms with Crippen LogP contribution in [0.1, 0.15) is 25.3 Å². The van der Waals surface area contributed by atoms with Crippen LogP contribution in [0.3, 0.4) is 0 Å². The summed E-state index contributed by atoms with van der Waals surface area (Å²) in [5, 5.41) is 2.73. The van der Waals surface area contributed by atoms with Gasteiger partial charge in [-0.05, 0) is 68.3 Å². The molecule has 0 aliphatic carbocycles. The molecule has 33 heavy (non-hydrogen) atoms. The third kappa shape index (κ3) is 6.77. The first-order chi connectivity index (χ1) is 15.7. The van der Waals surface area contributed by atoms with Gasteiger partial charge in [-0.15, -0.1) is 0 Å². The molecule has 0 aromatic heterocycles. The Morgan fingerprint density at radius 3 is 2.42 bits per heavy atom. The van der Waals surface area contributed by atoms with Crippen molar-refractivity contribution in [3.8, 4) is 5.75 Å². The molecule has 2 aromatic rings. The molecular weight excluding hydrogens is 444 g/mol. The minimum Gasteiger partial charge on any atom is -0.497 e. The van der Waals surface area contributed by atoms with Gasteiger partial charge in [-0.3, -0.25) is 14.5 Å². The fraction of sp³-hybridized carbons (Fsp3) is 0.391. The lowest BCUT2D eigenvalue weighted by Crippen LogP contribution is -2.41. The number of carbonyl (C=O) groups is 2. The molecule has 4 N–H and O–H groups in total. The average molecular weight is 475 g/mol. The van der Waals surface area contributed by atoms with Gasteiger partial charge >= 0.3 is 0 Å². The molecule has 1 unspecified atom stereocenters. The van der Waals surface area contributed by atoms with Crippen molar-refractivity contribution in [2.24, 2.45) is 11.7 Å². The molecule has 1 saturated heterocycles. The molecule has 3 rings (SSSR count). The minimum atomic E-state index is -3.86. The number of rotatable bonds is 9. The number of carbonyl (C=O) groups excluding carboxylic acids is 2. The van der Waals surface area contributed by atoms with Crippen molar-refractivity contribution in [3.63, 3.8) is 0 Å². The topological polar surface area (TPSA) is 131 Å². The number of hydrogen-bond acceptors (Lipinski definition) is 6. The second-order valence-corrected chi connectivity index (χ2v) is 9.90. The molecule has 1 aliphatic rings. The van der Waals surface area contributed by atoms with E-state index in [0.717, 1.165) is 24.9 Å². The maximum Gasteiger partial charge on any atom is 0.242 e. The van der Waals surface area contributed by atoms with Gasteiger partial charge < -0.3 is 15.8 Å². The molecule has 1 aliphatic heterocycles.